The first-order chi connectivity index (χ1) is 17.2. The molecule has 1 aliphatic rings. The minimum absolute atomic E-state index is 0.0731. The molecule has 36 heavy (non-hydrogen) atoms. The average Bonchev–Trinajstić information content (AvgIpc) is 3.33. The fraction of sp³-hybridized carbons (Fsp3) is 0.333. The molecule has 9 heteroatoms. The Balaban J connectivity index is 1.64. The monoisotopic (exact) mass is 491 g/mol. The third-order valence-corrected chi connectivity index (χ3v) is 6.71. The van der Waals surface area contributed by atoms with Crippen LogP contribution in [0.4, 0.5) is 0 Å². The van der Waals surface area contributed by atoms with E-state index in [4.69, 9.17) is 9.15 Å². The van der Waals surface area contributed by atoms with E-state index in [1.165, 1.54) is 20.1 Å². The normalized spacial score (nSPS) is 13.9. The molecule has 1 atom stereocenters. The largest absolute Gasteiger partial charge is 0.496 e. The predicted octanol–water partition coefficient (Wildman–Crippen LogP) is 3.18. The van der Waals surface area contributed by atoms with Crippen LogP contribution in [0.1, 0.15) is 62.4 Å². The van der Waals surface area contributed by atoms with Crippen molar-refractivity contribution in [3.63, 3.8) is 0 Å². The minimum atomic E-state index is -0.341. The van der Waals surface area contributed by atoms with Crippen molar-refractivity contribution in [3.05, 3.63) is 87.2 Å². The van der Waals surface area contributed by atoms with Crippen LogP contribution in [0.15, 0.2) is 57.9 Å². The van der Waals surface area contributed by atoms with Crippen LogP contribution in [-0.2, 0) is 13.0 Å². The molecule has 1 aromatic carbocycles. The molecule has 2 amide bonds. The van der Waals surface area contributed by atoms with E-state index in [2.05, 4.69) is 0 Å². The summed E-state index contributed by atoms with van der Waals surface area (Å²) in [5.74, 6) is 0.260. The van der Waals surface area contributed by atoms with E-state index in [0.29, 0.717) is 47.7 Å². The van der Waals surface area contributed by atoms with E-state index >= 15 is 0 Å². The van der Waals surface area contributed by atoms with Crippen LogP contribution in [0.3, 0.4) is 0 Å². The number of furan rings is 1. The van der Waals surface area contributed by atoms with Crippen LogP contribution < -0.4 is 10.3 Å². The highest BCUT2D eigenvalue weighted by Gasteiger charge is 2.30. The lowest BCUT2D eigenvalue weighted by atomic mass is 10.1. The number of carbonyl (C=O) groups excluding carboxylic acids is 3. The van der Waals surface area contributed by atoms with Gasteiger partial charge in [-0.15, -0.1) is 0 Å². The molecule has 0 bridgehead atoms. The lowest BCUT2D eigenvalue weighted by Gasteiger charge is -2.26. The summed E-state index contributed by atoms with van der Waals surface area (Å²) in [4.78, 5) is 54.5. The van der Waals surface area contributed by atoms with E-state index in [0.717, 1.165) is 0 Å². The van der Waals surface area contributed by atoms with Gasteiger partial charge in [-0.1, -0.05) is 12.1 Å². The zero-order chi connectivity index (χ0) is 26.0. The summed E-state index contributed by atoms with van der Waals surface area (Å²) in [6.07, 6.45) is 1.85. The van der Waals surface area contributed by atoms with Gasteiger partial charge in [0.15, 0.2) is 5.78 Å². The number of hydrogen-bond acceptors (Lipinski definition) is 6. The third kappa shape index (κ3) is 4.68. The number of ether oxygens (including phenoxy) is 1. The molecule has 188 valence electrons. The first kappa shape index (κ1) is 25.0. The first-order valence-electron chi connectivity index (χ1n) is 11.7. The van der Waals surface area contributed by atoms with Crippen LogP contribution in [0.2, 0.25) is 0 Å². The summed E-state index contributed by atoms with van der Waals surface area (Å²) in [5.41, 5.74) is 1.53. The summed E-state index contributed by atoms with van der Waals surface area (Å²) in [6.45, 7) is 4.19. The second-order valence-electron chi connectivity index (χ2n) is 8.81. The average molecular weight is 492 g/mol. The molecule has 3 heterocycles. The van der Waals surface area contributed by atoms with E-state index < -0.39 is 0 Å². The number of methoxy groups -OCH3 is 1. The molecule has 3 aromatic rings. The van der Waals surface area contributed by atoms with Crippen molar-refractivity contribution in [1.82, 2.24) is 14.4 Å². The molecule has 0 saturated heterocycles. The predicted molar refractivity (Wildman–Crippen MR) is 133 cm³/mol. The zero-order valence-corrected chi connectivity index (χ0v) is 20.8. The van der Waals surface area contributed by atoms with E-state index in [-0.39, 0.29) is 41.5 Å². The van der Waals surface area contributed by atoms with Gasteiger partial charge in [-0.05, 0) is 38.1 Å². The van der Waals surface area contributed by atoms with Crippen LogP contribution in [-0.4, -0.2) is 59.2 Å². The number of Topliss-reactive ketones (excluding diaryl/α,β-unsaturated/α-hetero) is 1. The van der Waals surface area contributed by atoms with Crippen LogP contribution in [0, 0.1) is 0 Å². The topological polar surface area (TPSA) is 102 Å². The quantitative estimate of drug-likeness (QED) is 0.491. The molecular formula is C27H29N3O6. The number of benzene rings is 1. The number of amides is 2. The van der Waals surface area contributed by atoms with Gasteiger partial charge in [0.25, 0.3) is 17.4 Å². The number of hydrogen-bond donors (Lipinski definition) is 0. The highest BCUT2D eigenvalue weighted by Crippen LogP contribution is 2.28. The van der Waals surface area contributed by atoms with Gasteiger partial charge in [0.2, 0.25) is 0 Å². The molecule has 2 aromatic heterocycles. The van der Waals surface area contributed by atoms with Crippen molar-refractivity contribution in [2.75, 3.05) is 27.2 Å². The van der Waals surface area contributed by atoms with Crippen molar-refractivity contribution >= 4 is 17.6 Å². The molecule has 0 fully saturated rings. The Bertz CT molecular complexity index is 1340. The number of fused-ring (bicyclic) bond motifs is 1. The lowest BCUT2D eigenvalue weighted by Crippen LogP contribution is -2.34. The molecule has 0 spiro atoms. The Morgan fingerprint density at radius 2 is 1.75 bits per heavy atom. The van der Waals surface area contributed by atoms with Crippen LogP contribution in [0.25, 0.3) is 0 Å². The number of ketones is 1. The maximum Gasteiger partial charge on any atom is 0.259 e. The molecule has 0 aliphatic carbocycles. The SMILES string of the molecule is COc1cc(=O)n2c(c1C(=O)N(C)C(C)c1ccco1)CCN(C(=O)c1ccc(C(C)=O)cc1)CC2. The maximum atomic E-state index is 13.7. The summed E-state index contributed by atoms with van der Waals surface area (Å²) in [6, 6.07) is 11.1. The second kappa shape index (κ2) is 10.2. The van der Waals surface area contributed by atoms with E-state index in [1.807, 2.05) is 6.92 Å². The summed E-state index contributed by atoms with van der Waals surface area (Å²) >= 11 is 0. The van der Waals surface area contributed by atoms with Crippen molar-refractivity contribution in [1.29, 1.82) is 0 Å². The molecule has 1 aliphatic heterocycles. The Hall–Kier alpha value is -4.14. The molecular weight excluding hydrogens is 462 g/mol. The highest BCUT2D eigenvalue weighted by atomic mass is 16.5. The van der Waals surface area contributed by atoms with Gasteiger partial charge in [-0.25, -0.2) is 0 Å². The molecule has 4 rings (SSSR count). The Morgan fingerprint density at radius 1 is 1.06 bits per heavy atom. The molecule has 0 radical (unpaired) electrons. The van der Waals surface area contributed by atoms with Gasteiger partial charge in [-0.3, -0.25) is 19.2 Å². The van der Waals surface area contributed by atoms with Gasteiger partial charge >= 0.3 is 0 Å². The number of nitrogens with zero attached hydrogens (tertiary/aromatic N) is 3. The van der Waals surface area contributed by atoms with Gasteiger partial charge in [0.05, 0.1) is 19.4 Å². The van der Waals surface area contributed by atoms with Gasteiger partial charge in [-0.2, -0.15) is 0 Å². The molecule has 1 unspecified atom stereocenters. The van der Waals surface area contributed by atoms with Crippen LogP contribution in [0.5, 0.6) is 5.75 Å². The number of aromatic nitrogens is 1. The summed E-state index contributed by atoms with van der Waals surface area (Å²) < 4.78 is 12.5. The van der Waals surface area contributed by atoms with Crippen molar-refractivity contribution in [2.24, 2.45) is 0 Å². The number of rotatable bonds is 6. The smallest absolute Gasteiger partial charge is 0.259 e. The fourth-order valence-corrected chi connectivity index (χ4v) is 4.45. The number of pyridine rings is 1. The Kier molecular flexibility index (Phi) is 7.10. The number of carbonyl (C=O) groups is 3. The van der Waals surface area contributed by atoms with Crippen molar-refractivity contribution in [3.8, 4) is 5.75 Å². The maximum absolute atomic E-state index is 13.7. The lowest BCUT2D eigenvalue weighted by molar-refractivity contribution is 0.0719. The first-order valence-corrected chi connectivity index (χ1v) is 11.7. The minimum Gasteiger partial charge on any atom is -0.496 e. The van der Waals surface area contributed by atoms with Crippen LogP contribution >= 0.6 is 0 Å². The second-order valence-corrected chi connectivity index (χ2v) is 8.81. The zero-order valence-electron chi connectivity index (χ0n) is 20.8. The Labute approximate surface area is 208 Å². The fourth-order valence-electron chi connectivity index (χ4n) is 4.45. The highest BCUT2D eigenvalue weighted by molar-refractivity contribution is 5.99. The third-order valence-electron chi connectivity index (χ3n) is 6.71. The van der Waals surface area contributed by atoms with E-state index in [9.17, 15) is 19.2 Å². The van der Waals surface area contributed by atoms with Crippen molar-refractivity contribution in [2.45, 2.75) is 32.9 Å². The summed E-state index contributed by atoms with van der Waals surface area (Å²) in [7, 11) is 3.10. The summed E-state index contributed by atoms with van der Waals surface area (Å²) in [5, 5.41) is 0. The van der Waals surface area contributed by atoms with Gasteiger partial charge < -0.3 is 23.5 Å². The molecule has 0 N–H and O–H groups in total. The Morgan fingerprint density at radius 3 is 2.36 bits per heavy atom. The van der Waals surface area contributed by atoms with Crippen molar-refractivity contribution < 1.29 is 23.5 Å². The van der Waals surface area contributed by atoms with E-state index in [1.54, 1.807) is 64.1 Å². The van der Waals surface area contributed by atoms with Gasteiger partial charge in [0.1, 0.15) is 17.1 Å². The van der Waals surface area contributed by atoms with Gasteiger partial charge in [0, 0.05) is 56.0 Å². The molecule has 0 saturated carbocycles. The molecule has 9 nitrogen and oxygen atoms in total. The standard InChI is InChI=1S/C27H29N3O6/c1-17(22-6-5-15-36-22)28(3)27(34)25-21-11-12-29(13-14-30(21)24(32)16-23(25)35-4)26(33)20-9-7-19(8-10-20)18(2)31/h5-10,15-17H,11-14H2,1-4H3.